The number of anilines is 1. The zero-order valence-electron chi connectivity index (χ0n) is 15.1. The summed E-state index contributed by atoms with van der Waals surface area (Å²) in [6, 6.07) is 11.3. The summed E-state index contributed by atoms with van der Waals surface area (Å²) < 4.78 is 27.1. The Bertz CT molecular complexity index is 1200. The first-order valence-corrected chi connectivity index (χ1v) is 11.1. The van der Waals surface area contributed by atoms with Crippen LogP contribution in [0, 0.1) is 10.1 Å². The molecule has 0 aliphatic heterocycles. The second-order valence-electron chi connectivity index (χ2n) is 5.85. The predicted molar refractivity (Wildman–Crippen MR) is 111 cm³/mol. The van der Waals surface area contributed by atoms with Gasteiger partial charge in [0, 0.05) is 25.1 Å². The number of hydrogen-bond donors (Lipinski definition) is 2. The summed E-state index contributed by atoms with van der Waals surface area (Å²) in [5, 5.41) is 22.0. The van der Waals surface area contributed by atoms with Crippen LogP contribution in [-0.2, 0) is 16.4 Å². The Morgan fingerprint density at radius 3 is 2.67 bits per heavy atom. The van der Waals surface area contributed by atoms with Gasteiger partial charge in [-0.05, 0) is 18.2 Å². The Hall–Kier alpha value is -3.09. The van der Waals surface area contributed by atoms with Crippen LogP contribution in [0.2, 0.25) is 5.02 Å². The Morgan fingerprint density at radius 1 is 1.17 bits per heavy atom. The molecule has 0 saturated carbocycles. The molecule has 10 nitrogen and oxygen atoms in total. The maximum absolute atomic E-state index is 12.4. The average molecular weight is 468 g/mol. The number of non-ortho nitro benzene ring substituents is 1. The number of nitrogens with one attached hydrogen (secondary N) is 2. The van der Waals surface area contributed by atoms with E-state index >= 15 is 0 Å². The van der Waals surface area contributed by atoms with Crippen molar-refractivity contribution in [2.75, 3.05) is 11.3 Å². The number of nitrogens with zero attached hydrogens (tertiary/aromatic N) is 3. The normalized spacial score (nSPS) is 11.1. The van der Waals surface area contributed by atoms with Crippen LogP contribution in [0.25, 0.3) is 0 Å². The Morgan fingerprint density at radius 2 is 1.93 bits per heavy atom. The maximum atomic E-state index is 12.4. The molecule has 0 aliphatic rings. The summed E-state index contributed by atoms with van der Waals surface area (Å²) in [5.41, 5.74) is 0.00641. The summed E-state index contributed by atoms with van der Waals surface area (Å²) in [6.45, 7) is 0.246. The number of carbonyl (C=O) groups is 1. The standard InChI is InChI=1S/C17H14ClN5O5S2/c18-14-7-2-1-6-13(14)16(24)19-9-8-15-20-21-17(29-15)22-30(27,28)12-5-3-4-11(10-12)23(25)26/h1-7,10H,8-9H2,(H,19,24)(H,21,22). The van der Waals surface area contributed by atoms with E-state index in [1.807, 2.05) is 0 Å². The number of nitro benzene ring substituents is 1. The maximum Gasteiger partial charge on any atom is 0.270 e. The molecule has 1 heterocycles. The van der Waals surface area contributed by atoms with Crippen molar-refractivity contribution < 1.29 is 18.1 Å². The predicted octanol–water partition coefficient (Wildman–Crippen LogP) is 2.87. The molecule has 30 heavy (non-hydrogen) atoms. The van der Waals surface area contributed by atoms with Gasteiger partial charge in [-0.15, -0.1) is 10.2 Å². The zero-order valence-corrected chi connectivity index (χ0v) is 17.5. The first kappa shape index (κ1) is 21.6. The quantitative estimate of drug-likeness (QED) is 0.382. The number of hydrogen-bond acceptors (Lipinski definition) is 8. The smallest absolute Gasteiger partial charge is 0.270 e. The first-order chi connectivity index (χ1) is 14.3. The minimum Gasteiger partial charge on any atom is -0.352 e. The third-order valence-corrected chi connectivity index (χ3v) is 6.46. The van der Waals surface area contributed by atoms with E-state index in [4.69, 9.17) is 11.6 Å². The van der Waals surface area contributed by atoms with Crippen LogP contribution in [0.15, 0.2) is 53.4 Å². The lowest BCUT2D eigenvalue weighted by molar-refractivity contribution is -0.385. The zero-order chi connectivity index (χ0) is 21.7. The van der Waals surface area contributed by atoms with E-state index in [9.17, 15) is 23.3 Å². The van der Waals surface area contributed by atoms with Crippen molar-refractivity contribution in [3.63, 3.8) is 0 Å². The summed E-state index contributed by atoms with van der Waals surface area (Å²) >= 11 is 6.97. The van der Waals surface area contributed by atoms with Gasteiger partial charge < -0.3 is 5.32 Å². The molecule has 2 N–H and O–H groups in total. The van der Waals surface area contributed by atoms with E-state index in [-0.39, 0.29) is 28.2 Å². The molecule has 13 heteroatoms. The van der Waals surface area contributed by atoms with Crippen LogP contribution in [0.1, 0.15) is 15.4 Å². The number of carbonyl (C=O) groups excluding carboxylic acids is 1. The minimum absolute atomic E-state index is 0.00827. The lowest BCUT2D eigenvalue weighted by Gasteiger charge is -2.05. The second-order valence-corrected chi connectivity index (χ2v) is 9.00. The molecule has 1 aromatic heterocycles. The first-order valence-electron chi connectivity index (χ1n) is 8.38. The Kier molecular flexibility index (Phi) is 6.59. The van der Waals surface area contributed by atoms with E-state index in [2.05, 4.69) is 20.2 Å². The van der Waals surface area contributed by atoms with Crippen molar-refractivity contribution in [3.8, 4) is 0 Å². The van der Waals surface area contributed by atoms with Gasteiger partial charge in [-0.2, -0.15) is 0 Å². The number of amides is 1. The highest BCUT2D eigenvalue weighted by molar-refractivity contribution is 7.93. The Labute approximate surface area is 180 Å². The molecule has 0 radical (unpaired) electrons. The highest BCUT2D eigenvalue weighted by Crippen LogP contribution is 2.22. The molecule has 0 bridgehead atoms. The van der Waals surface area contributed by atoms with E-state index in [0.717, 1.165) is 17.4 Å². The molecule has 1 amide bonds. The van der Waals surface area contributed by atoms with Gasteiger partial charge in [-0.25, -0.2) is 8.42 Å². The Balaban J connectivity index is 1.60. The molecule has 0 aliphatic carbocycles. The fourth-order valence-corrected chi connectivity index (χ4v) is 4.59. The van der Waals surface area contributed by atoms with Gasteiger partial charge in [0.15, 0.2) is 0 Å². The molecule has 0 spiro atoms. The average Bonchev–Trinajstić information content (AvgIpc) is 3.14. The minimum atomic E-state index is -4.06. The van der Waals surface area contributed by atoms with Crippen LogP contribution < -0.4 is 10.0 Å². The van der Waals surface area contributed by atoms with Crippen molar-refractivity contribution in [1.82, 2.24) is 15.5 Å². The molecule has 0 atom stereocenters. The fraction of sp³-hybridized carbons (Fsp3) is 0.118. The third-order valence-electron chi connectivity index (χ3n) is 3.77. The number of halogens is 1. The molecule has 3 rings (SSSR count). The molecule has 0 saturated heterocycles. The van der Waals surface area contributed by atoms with Crippen molar-refractivity contribution in [1.29, 1.82) is 0 Å². The van der Waals surface area contributed by atoms with E-state index in [1.54, 1.807) is 24.3 Å². The number of nitro groups is 1. The number of sulfonamides is 1. The summed E-state index contributed by atoms with van der Waals surface area (Å²) in [6.07, 6.45) is 0.326. The highest BCUT2D eigenvalue weighted by atomic mass is 35.5. The van der Waals surface area contributed by atoms with Crippen molar-refractivity contribution in [2.45, 2.75) is 11.3 Å². The van der Waals surface area contributed by atoms with Crippen LogP contribution in [0.5, 0.6) is 0 Å². The van der Waals surface area contributed by atoms with Crippen LogP contribution >= 0.6 is 22.9 Å². The van der Waals surface area contributed by atoms with Crippen LogP contribution in [0.4, 0.5) is 10.8 Å². The molecule has 156 valence electrons. The highest BCUT2D eigenvalue weighted by Gasteiger charge is 2.20. The van der Waals surface area contributed by atoms with Crippen molar-refractivity contribution in [2.24, 2.45) is 0 Å². The lowest BCUT2D eigenvalue weighted by atomic mass is 10.2. The third kappa shape index (κ3) is 5.28. The largest absolute Gasteiger partial charge is 0.352 e. The summed E-state index contributed by atoms with van der Waals surface area (Å²) in [4.78, 5) is 22.0. The molecule has 3 aromatic rings. The lowest BCUT2D eigenvalue weighted by Crippen LogP contribution is -2.25. The SMILES string of the molecule is O=C(NCCc1nnc(NS(=O)(=O)c2cccc([N+](=O)[O-])c2)s1)c1ccccc1Cl. The fourth-order valence-electron chi connectivity index (χ4n) is 2.36. The van der Waals surface area contributed by atoms with Crippen molar-refractivity contribution >= 4 is 49.7 Å². The molecular formula is C17H14ClN5O5S2. The topological polar surface area (TPSA) is 144 Å². The molecular weight excluding hydrogens is 454 g/mol. The molecule has 0 fully saturated rings. The van der Waals surface area contributed by atoms with Crippen LogP contribution in [0.3, 0.4) is 0 Å². The van der Waals surface area contributed by atoms with Crippen molar-refractivity contribution in [3.05, 3.63) is 74.2 Å². The van der Waals surface area contributed by atoms with Gasteiger partial charge in [0.25, 0.3) is 21.6 Å². The van der Waals surface area contributed by atoms with E-state index in [0.29, 0.717) is 22.0 Å². The number of rotatable bonds is 8. The van der Waals surface area contributed by atoms with Gasteiger partial charge in [-0.3, -0.25) is 19.6 Å². The number of benzene rings is 2. The summed E-state index contributed by atoms with van der Waals surface area (Å²) in [7, 11) is -4.06. The van der Waals surface area contributed by atoms with Gasteiger partial charge in [-0.1, -0.05) is 41.1 Å². The van der Waals surface area contributed by atoms with E-state index < -0.39 is 14.9 Å². The molecule has 0 unspecified atom stereocenters. The second kappa shape index (κ2) is 9.15. The van der Waals surface area contributed by atoms with Gasteiger partial charge in [0.2, 0.25) is 5.13 Å². The summed E-state index contributed by atoms with van der Waals surface area (Å²) in [5.74, 6) is -0.336. The van der Waals surface area contributed by atoms with Gasteiger partial charge >= 0.3 is 0 Å². The number of aromatic nitrogens is 2. The van der Waals surface area contributed by atoms with Crippen LogP contribution in [-0.4, -0.2) is 36.0 Å². The van der Waals surface area contributed by atoms with Gasteiger partial charge in [0.05, 0.1) is 20.4 Å². The molecule has 2 aromatic carbocycles. The monoisotopic (exact) mass is 467 g/mol. The van der Waals surface area contributed by atoms with E-state index in [1.165, 1.54) is 18.2 Å². The van der Waals surface area contributed by atoms with Gasteiger partial charge in [0.1, 0.15) is 5.01 Å².